The van der Waals surface area contributed by atoms with Crippen molar-refractivity contribution in [3.63, 3.8) is 0 Å². The molecule has 0 aliphatic carbocycles. The average Bonchev–Trinajstić information content (AvgIpc) is 2.63. The predicted molar refractivity (Wildman–Crippen MR) is 74.8 cm³/mol. The lowest BCUT2D eigenvalue weighted by molar-refractivity contribution is -0.119. The molecule has 4 N–H and O–H groups in total. The van der Waals surface area contributed by atoms with Crippen LogP contribution in [-0.2, 0) is 9.59 Å². The molecule has 1 aromatic rings. The first-order valence-electron chi connectivity index (χ1n) is 6.51. The summed E-state index contributed by atoms with van der Waals surface area (Å²) in [4.78, 5) is 24.9. The van der Waals surface area contributed by atoms with Gasteiger partial charge in [-0.3, -0.25) is 9.59 Å². The molecular formula is C13H16N4O3. The minimum Gasteiger partial charge on any atom is -0.482 e. The van der Waals surface area contributed by atoms with Crippen LogP contribution in [-0.4, -0.2) is 38.1 Å². The number of anilines is 3. The fourth-order valence-corrected chi connectivity index (χ4v) is 2.42. The molecule has 0 aromatic heterocycles. The van der Waals surface area contributed by atoms with Gasteiger partial charge in [-0.25, -0.2) is 0 Å². The SMILES string of the molecule is Nc1cc2c(cc1N1CCCNC(=O)C1)NC(=O)CO2. The van der Waals surface area contributed by atoms with Gasteiger partial charge in [-0.2, -0.15) is 0 Å². The number of nitrogens with one attached hydrogen (secondary N) is 2. The Labute approximate surface area is 116 Å². The molecule has 106 valence electrons. The van der Waals surface area contributed by atoms with Crippen molar-refractivity contribution in [3.05, 3.63) is 12.1 Å². The highest BCUT2D eigenvalue weighted by Gasteiger charge is 2.22. The van der Waals surface area contributed by atoms with Crippen LogP contribution in [0.25, 0.3) is 0 Å². The molecule has 2 amide bonds. The van der Waals surface area contributed by atoms with E-state index in [4.69, 9.17) is 10.5 Å². The number of rotatable bonds is 1. The molecule has 7 heteroatoms. The van der Waals surface area contributed by atoms with Crippen LogP contribution >= 0.6 is 0 Å². The fraction of sp³-hybridized carbons (Fsp3) is 0.385. The van der Waals surface area contributed by atoms with Crippen LogP contribution in [0.4, 0.5) is 17.1 Å². The van der Waals surface area contributed by atoms with Crippen LogP contribution in [0.3, 0.4) is 0 Å². The molecule has 3 rings (SSSR count). The highest BCUT2D eigenvalue weighted by molar-refractivity contribution is 5.97. The predicted octanol–water partition coefficient (Wildman–Crippen LogP) is -0.0740. The van der Waals surface area contributed by atoms with Gasteiger partial charge in [0.05, 0.1) is 23.6 Å². The van der Waals surface area contributed by atoms with Crippen LogP contribution in [0, 0.1) is 0 Å². The number of nitrogens with two attached hydrogens (primary N) is 1. The maximum atomic E-state index is 11.6. The molecule has 0 radical (unpaired) electrons. The summed E-state index contributed by atoms with van der Waals surface area (Å²) in [5, 5.41) is 5.56. The first-order valence-corrected chi connectivity index (χ1v) is 6.51. The van der Waals surface area contributed by atoms with E-state index in [2.05, 4.69) is 10.6 Å². The largest absolute Gasteiger partial charge is 0.482 e. The number of benzene rings is 1. The van der Waals surface area contributed by atoms with Crippen LogP contribution in [0.1, 0.15) is 6.42 Å². The van der Waals surface area contributed by atoms with Gasteiger partial charge in [0.25, 0.3) is 5.91 Å². The Morgan fingerprint density at radius 1 is 1.25 bits per heavy atom. The topological polar surface area (TPSA) is 96.7 Å². The van der Waals surface area contributed by atoms with E-state index in [9.17, 15) is 9.59 Å². The number of carbonyl (C=O) groups excluding carboxylic acids is 2. The quantitative estimate of drug-likeness (QED) is 0.624. The molecule has 2 aliphatic rings. The Hall–Kier alpha value is -2.44. The van der Waals surface area contributed by atoms with Gasteiger partial charge in [0.15, 0.2) is 6.61 Å². The number of amides is 2. The zero-order valence-corrected chi connectivity index (χ0v) is 10.9. The average molecular weight is 276 g/mol. The van der Waals surface area contributed by atoms with E-state index < -0.39 is 0 Å². The van der Waals surface area contributed by atoms with E-state index in [0.717, 1.165) is 18.7 Å². The summed E-state index contributed by atoms with van der Waals surface area (Å²) < 4.78 is 5.31. The number of hydrogen-bond acceptors (Lipinski definition) is 5. The lowest BCUT2D eigenvalue weighted by Crippen LogP contribution is -2.33. The summed E-state index contributed by atoms with van der Waals surface area (Å²) in [6.07, 6.45) is 0.852. The third-order valence-corrected chi connectivity index (χ3v) is 3.36. The van der Waals surface area contributed by atoms with Gasteiger partial charge in [-0.05, 0) is 12.5 Å². The van der Waals surface area contributed by atoms with E-state index >= 15 is 0 Å². The van der Waals surface area contributed by atoms with Gasteiger partial charge in [0.2, 0.25) is 5.91 Å². The highest BCUT2D eigenvalue weighted by Crippen LogP contribution is 2.37. The minimum absolute atomic E-state index is 0.00208. The summed E-state index contributed by atoms with van der Waals surface area (Å²) >= 11 is 0. The van der Waals surface area contributed by atoms with E-state index in [1.165, 1.54) is 0 Å². The van der Waals surface area contributed by atoms with E-state index in [1.807, 2.05) is 4.90 Å². The van der Waals surface area contributed by atoms with Crippen LogP contribution in [0.5, 0.6) is 5.75 Å². The number of nitrogen functional groups attached to an aromatic ring is 1. The molecule has 0 atom stereocenters. The number of carbonyl (C=O) groups is 2. The Bertz CT molecular complexity index is 573. The summed E-state index contributed by atoms with van der Waals surface area (Å²) in [5.74, 6) is 0.340. The van der Waals surface area contributed by atoms with Gasteiger partial charge in [0.1, 0.15) is 5.75 Å². The molecule has 1 fully saturated rings. The molecule has 1 saturated heterocycles. The monoisotopic (exact) mass is 276 g/mol. The Morgan fingerprint density at radius 3 is 2.95 bits per heavy atom. The Morgan fingerprint density at radius 2 is 2.10 bits per heavy atom. The lowest BCUT2D eigenvalue weighted by Gasteiger charge is -2.26. The van der Waals surface area contributed by atoms with Gasteiger partial charge in [-0.1, -0.05) is 0 Å². The second-order valence-electron chi connectivity index (χ2n) is 4.87. The smallest absolute Gasteiger partial charge is 0.262 e. The van der Waals surface area contributed by atoms with E-state index in [1.54, 1.807) is 12.1 Å². The van der Waals surface area contributed by atoms with Gasteiger partial charge in [0, 0.05) is 19.2 Å². The first-order chi connectivity index (χ1) is 9.63. The number of hydrogen-bond donors (Lipinski definition) is 3. The van der Waals surface area contributed by atoms with Crippen LogP contribution < -0.4 is 26.0 Å². The van der Waals surface area contributed by atoms with Crippen molar-refractivity contribution in [2.24, 2.45) is 0 Å². The van der Waals surface area contributed by atoms with Crippen molar-refractivity contribution < 1.29 is 14.3 Å². The molecule has 2 aliphatic heterocycles. The Kier molecular flexibility index (Phi) is 3.09. The minimum atomic E-state index is -0.193. The first kappa shape index (κ1) is 12.6. The van der Waals surface area contributed by atoms with Gasteiger partial charge >= 0.3 is 0 Å². The van der Waals surface area contributed by atoms with Gasteiger partial charge < -0.3 is 26.0 Å². The van der Waals surface area contributed by atoms with E-state index in [0.29, 0.717) is 23.7 Å². The van der Waals surface area contributed by atoms with Crippen molar-refractivity contribution in [1.29, 1.82) is 0 Å². The number of fused-ring (bicyclic) bond motifs is 1. The van der Waals surface area contributed by atoms with Crippen molar-refractivity contribution in [3.8, 4) is 5.75 Å². The normalized spacial score (nSPS) is 18.5. The van der Waals surface area contributed by atoms with Crippen LogP contribution in [0.2, 0.25) is 0 Å². The molecule has 20 heavy (non-hydrogen) atoms. The number of nitrogens with zero attached hydrogens (tertiary/aromatic N) is 1. The van der Waals surface area contributed by atoms with Crippen molar-refractivity contribution in [2.75, 3.05) is 42.2 Å². The maximum absolute atomic E-state index is 11.6. The molecule has 0 saturated carbocycles. The molecule has 0 bridgehead atoms. The second kappa shape index (κ2) is 4.92. The van der Waals surface area contributed by atoms with Crippen molar-refractivity contribution >= 4 is 28.9 Å². The fourth-order valence-electron chi connectivity index (χ4n) is 2.42. The standard InChI is InChI=1S/C13H16N4O3/c14-8-4-11-9(16-13(19)7-20-11)5-10(8)17-3-1-2-15-12(18)6-17/h4-5H,1-3,6-7,14H2,(H,15,18)(H,16,19). The Balaban J connectivity index is 1.94. The second-order valence-corrected chi connectivity index (χ2v) is 4.87. The summed E-state index contributed by atoms with van der Waals surface area (Å²) in [5.41, 5.74) is 7.91. The number of ether oxygens (including phenoxy) is 1. The lowest BCUT2D eigenvalue weighted by atomic mass is 10.1. The van der Waals surface area contributed by atoms with Crippen LogP contribution in [0.15, 0.2) is 12.1 Å². The van der Waals surface area contributed by atoms with Gasteiger partial charge in [-0.15, -0.1) is 0 Å². The van der Waals surface area contributed by atoms with Crippen molar-refractivity contribution in [1.82, 2.24) is 5.32 Å². The summed E-state index contributed by atoms with van der Waals surface area (Å²) in [6.45, 7) is 1.66. The zero-order valence-electron chi connectivity index (χ0n) is 10.9. The highest BCUT2D eigenvalue weighted by atomic mass is 16.5. The molecule has 0 unspecified atom stereocenters. The van der Waals surface area contributed by atoms with Crippen molar-refractivity contribution in [2.45, 2.75) is 6.42 Å². The molecular weight excluding hydrogens is 260 g/mol. The molecule has 1 aromatic carbocycles. The molecule has 0 spiro atoms. The van der Waals surface area contributed by atoms with E-state index in [-0.39, 0.29) is 25.0 Å². The summed E-state index contributed by atoms with van der Waals surface area (Å²) in [7, 11) is 0. The zero-order chi connectivity index (χ0) is 14.1. The third kappa shape index (κ3) is 2.34. The molecule has 7 nitrogen and oxygen atoms in total. The molecule has 2 heterocycles. The third-order valence-electron chi connectivity index (χ3n) is 3.36. The maximum Gasteiger partial charge on any atom is 0.262 e. The summed E-state index contributed by atoms with van der Waals surface area (Å²) in [6, 6.07) is 3.45.